The van der Waals surface area contributed by atoms with Crippen LogP contribution in [0.25, 0.3) is 0 Å². The molecule has 0 aliphatic carbocycles. The molecular formula is C15H13NOS. The summed E-state index contributed by atoms with van der Waals surface area (Å²) in [5.74, 6) is 0. The van der Waals surface area contributed by atoms with Gasteiger partial charge in [-0.2, -0.15) is 0 Å². The van der Waals surface area contributed by atoms with E-state index >= 15 is 0 Å². The van der Waals surface area contributed by atoms with Crippen molar-refractivity contribution in [3.63, 3.8) is 0 Å². The smallest absolute Gasteiger partial charge is 0.150 e. The van der Waals surface area contributed by atoms with Crippen molar-refractivity contribution in [2.24, 2.45) is 0 Å². The molecule has 1 heterocycles. The van der Waals surface area contributed by atoms with E-state index in [-0.39, 0.29) is 0 Å². The van der Waals surface area contributed by atoms with E-state index in [1.165, 1.54) is 15.5 Å². The second-order valence-electron chi connectivity index (χ2n) is 4.16. The molecule has 2 aromatic carbocycles. The Kier molecular flexibility index (Phi) is 2.84. The number of hydrogen-bond donors (Lipinski definition) is 0. The first-order valence-corrected chi connectivity index (χ1v) is 6.79. The van der Waals surface area contributed by atoms with Crippen LogP contribution < -0.4 is 4.90 Å². The van der Waals surface area contributed by atoms with Crippen LogP contribution in [-0.2, 0) is 0 Å². The number of carbonyl (C=O) groups is 1. The van der Waals surface area contributed by atoms with Crippen LogP contribution in [0.4, 0.5) is 11.4 Å². The normalized spacial score (nSPS) is 12.8. The topological polar surface area (TPSA) is 20.3 Å². The van der Waals surface area contributed by atoms with Crippen LogP contribution in [0.3, 0.4) is 0 Å². The molecule has 0 spiro atoms. The fourth-order valence-electron chi connectivity index (χ4n) is 2.26. The summed E-state index contributed by atoms with van der Waals surface area (Å²) in [5.41, 5.74) is 3.08. The van der Waals surface area contributed by atoms with Gasteiger partial charge in [0.2, 0.25) is 0 Å². The van der Waals surface area contributed by atoms with Crippen molar-refractivity contribution in [1.29, 1.82) is 0 Å². The maximum Gasteiger partial charge on any atom is 0.150 e. The van der Waals surface area contributed by atoms with Gasteiger partial charge in [-0.25, -0.2) is 0 Å². The van der Waals surface area contributed by atoms with Gasteiger partial charge in [0, 0.05) is 21.9 Å². The first kappa shape index (κ1) is 11.4. The number of para-hydroxylation sites is 1. The second kappa shape index (κ2) is 4.50. The lowest BCUT2D eigenvalue weighted by Gasteiger charge is -2.31. The molecule has 0 saturated carbocycles. The quantitative estimate of drug-likeness (QED) is 0.753. The van der Waals surface area contributed by atoms with E-state index in [2.05, 4.69) is 36.1 Å². The summed E-state index contributed by atoms with van der Waals surface area (Å²) in [5, 5.41) is 0. The zero-order valence-electron chi connectivity index (χ0n) is 10.1. The van der Waals surface area contributed by atoms with E-state index < -0.39 is 0 Å². The van der Waals surface area contributed by atoms with E-state index in [0.717, 1.165) is 24.1 Å². The molecule has 1 aliphatic heterocycles. The van der Waals surface area contributed by atoms with Gasteiger partial charge in [-0.05, 0) is 31.2 Å². The Hall–Kier alpha value is -1.74. The number of benzene rings is 2. The van der Waals surface area contributed by atoms with Gasteiger partial charge in [-0.15, -0.1) is 0 Å². The van der Waals surface area contributed by atoms with Gasteiger partial charge in [-0.3, -0.25) is 4.79 Å². The summed E-state index contributed by atoms with van der Waals surface area (Å²) in [6, 6.07) is 14.3. The van der Waals surface area contributed by atoms with Crippen LogP contribution in [0.5, 0.6) is 0 Å². The molecule has 0 saturated heterocycles. The van der Waals surface area contributed by atoms with Crippen molar-refractivity contribution in [3.05, 3.63) is 48.0 Å². The highest BCUT2D eigenvalue weighted by Gasteiger charge is 2.21. The minimum absolute atomic E-state index is 0.729. The molecule has 1 aliphatic rings. The second-order valence-corrected chi connectivity index (χ2v) is 5.24. The monoisotopic (exact) mass is 255 g/mol. The SMILES string of the molecule is CCN1c2ccccc2Sc2ccc(C=O)cc21. The average Bonchev–Trinajstić information content (AvgIpc) is 2.44. The minimum atomic E-state index is 0.729. The molecular weight excluding hydrogens is 242 g/mol. The number of fused-ring (bicyclic) bond motifs is 2. The van der Waals surface area contributed by atoms with Crippen LogP contribution >= 0.6 is 11.8 Å². The van der Waals surface area contributed by atoms with Crippen molar-refractivity contribution in [3.8, 4) is 0 Å². The van der Waals surface area contributed by atoms with Crippen LogP contribution in [0.15, 0.2) is 52.3 Å². The zero-order valence-corrected chi connectivity index (χ0v) is 10.9. The highest BCUT2D eigenvalue weighted by atomic mass is 32.2. The summed E-state index contributed by atoms with van der Waals surface area (Å²) in [7, 11) is 0. The number of nitrogens with zero attached hydrogens (tertiary/aromatic N) is 1. The standard InChI is InChI=1S/C15H13NOS/c1-2-16-12-5-3-4-6-14(12)18-15-8-7-11(10-17)9-13(15)16/h3-10H,2H2,1H3. The molecule has 0 atom stereocenters. The summed E-state index contributed by atoms with van der Waals surface area (Å²) in [6.07, 6.45) is 0.902. The highest BCUT2D eigenvalue weighted by Crippen LogP contribution is 2.47. The first-order chi connectivity index (χ1) is 8.83. The van der Waals surface area contributed by atoms with Crippen LogP contribution in [0.1, 0.15) is 17.3 Å². The summed E-state index contributed by atoms with van der Waals surface area (Å²) >= 11 is 1.76. The van der Waals surface area contributed by atoms with Crippen LogP contribution in [0.2, 0.25) is 0 Å². The average molecular weight is 255 g/mol. The Bertz CT molecular complexity index is 609. The Morgan fingerprint density at radius 1 is 1.11 bits per heavy atom. The fraction of sp³-hybridized carbons (Fsp3) is 0.133. The van der Waals surface area contributed by atoms with E-state index in [1.807, 2.05) is 18.2 Å². The molecule has 18 heavy (non-hydrogen) atoms. The molecule has 0 aromatic heterocycles. The predicted molar refractivity (Wildman–Crippen MR) is 75.1 cm³/mol. The molecule has 0 fully saturated rings. The van der Waals surface area contributed by atoms with E-state index in [0.29, 0.717) is 0 Å². The fourth-order valence-corrected chi connectivity index (χ4v) is 3.34. The third kappa shape index (κ3) is 1.71. The highest BCUT2D eigenvalue weighted by molar-refractivity contribution is 7.99. The van der Waals surface area contributed by atoms with E-state index in [1.54, 1.807) is 11.8 Å². The molecule has 90 valence electrons. The molecule has 0 unspecified atom stereocenters. The van der Waals surface area contributed by atoms with Crippen molar-refractivity contribution in [1.82, 2.24) is 0 Å². The van der Waals surface area contributed by atoms with Gasteiger partial charge in [0.05, 0.1) is 11.4 Å². The number of rotatable bonds is 2. The van der Waals surface area contributed by atoms with Gasteiger partial charge in [0.15, 0.2) is 0 Å². The molecule has 3 heteroatoms. The molecule has 2 nitrogen and oxygen atoms in total. The van der Waals surface area contributed by atoms with E-state index in [4.69, 9.17) is 0 Å². The number of carbonyl (C=O) groups excluding carboxylic acids is 1. The molecule has 2 aromatic rings. The minimum Gasteiger partial charge on any atom is -0.340 e. The third-order valence-electron chi connectivity index (χ3n) is 3.10. The van der Waals surface area contributed by atoms with E-state index in [9.17, 15) is 4.79 Å². The van der Waals surface area contributed by atoms with Gasteiger partial charge in [0.25, 0.3) is 0 Å². The molecule has 0 amide bonds. The molecule has 0 radical (unpaired) electrons. The largest absolute Gasteiger partial charge is 0.340 e. The Labute approximate surface area is 111 Å². The first-order valence-electron chi connectivity index (χ1n) is 5.97. The summed E-state index contributed by atoms with van der Waals surface area (Å²) < 4.78 is 0. The predicted octanol–water partition coefficient (Wildman–Crippen LogP) is 4.12. The van der Waals surface area contributed by atoms with Gasteiger partial charge < -0.3 is 4.90 Å². The van der Waals surface area contributed by atoms with Gasteiger partial charge in [0.1, 0.15) is 6.29 Å². The van der Waals surface area contributed by atoms with Crippen molar-refractivity contribution in [2.75, 3.05) is 11.4 Å². The lowest BCUT2D eigenvalue weighted by Crippen LogP contribution is -2.20. The third-order valence-corrected chi connectivity index (χ3v) is 4.23. The number of anilines is 2. The maximum atomic E-state index is 10.9. The number of hydrogen-bond acceptors (Lipinski definition) is 3. The maximum absolute atomic E-state index is 10.9. The lowest BCUT2D eigenvalue weighted by molar-refractivity contribution is 0.112. The van der Waals surface area contributed by atoms with Gasteiger partial charge >= 0.3 is 0 Å². The van der Waals surface area contributed by atoms with Crippen molar-refractivity contribution >= 4 is 29.4 Å². The molecule has 0 bridgehead atoms. The zero-order chi connectivity index (χ0) is 12.5. The Morgan fingerprint density at radius 3 is 2.67 bits per heavy atom. The molecule has 3 rings (SSSR count). The van der Waals surface area contributed by atoms with Gasteiger partial charge in [-0.1, -0.05) is 30.0 Å². The van der Waals surface area contributed by atoms with Crippen molar-refractivity contribution in [2.45, 2.75) is 16.7 Å². The molecule has 0 N–H and O–H groups in total. The Balaban J connectivity index is 2.17. The number of aldehydes is 1. The Morgan fingerprint density at radius 2 is 1.89 bits per heavy atom. The van der Waals surface area contributed by atoms with Crippen LogP contribution in [-0.4, -0.2) is 12.8 Å². The lowest BCUT2D eigenvalue weighted by atomic mass is 10.1. The summed E-state index contributed by atoms with van der Waals surface area (Å²) in [6.45, 7) is 3.02. The van der Waals surface area contributed by atoms with Crippen molar-refractivity contribution < 1.29 is 4.79 Å². The van der Waals surface area contributed by atoms with Crippen LogP contribution in [0, 0.1) is 0 Å². The summed E-state index contributed by atoms with van der Waals surface area (Å²) in [4.78, 5) is 15.6.